The summed E-state index contributed by atoms with van der Waals surface area (Å²) in [6.45, 7) is 3.99. The van der Waals surface area contributed by atoms with Crippen molar-refractivity contribution in [2.75, 3.05) is 11.9 Å². The molecule has 1 aromatic heterocycles. The lowest BCUT2D eigenvalue weighted by Crippen LogP contribution is -2.12. The molecule has 28 heavy (non-hydrogen) atoms. The Bertz CT molecular complexity index is 1000. The van der Waals surface area contributed by atoms with Gasteiger partial charge in [0.05, 0.1) is 11.5 Å². The van der Waals surface area contributed by atoms with Crippen molar-refractivity contribution in [3.63, 3.8) is 0 Å². The number of benzene rings is 2. The third kappa shape index (κ3) is 4.87. The predicted molar refractivity (Wildman–Crippen MR) is 110 cm³/mol. The first-order chi connectivity index (χ1) is 13.5. The van der Waals surface area contributed by atoms with Gasteiger partial charge in [-0.05, 0) is 50.2 Å². The summed E-state index contributed by atoms with van der Waals surface area (Å²) in [4.78, 5) is 28.5. The van der Waals surface area contributed by atoms with E-state index in [-0.39, 0.29) is 17.0 Å². The van der Waals surface area contributed by atoms with Gasteiger partial charge in [-0.15, -0.1) is 11.3 Å². The zero-order chi connectivity index (χ0) is 20.1. The fourth-order valence-electron chi connectivity index (χ4n) is 2.37. The topological polar surface area (TPSA) is 94.4 Å². The summed E-state index contributed by atoms with van der Waals surface area (Å²) in [7, 11) is 0. The van der Waals surface area contributed by atoms with Crippen LogP contribution in [0.15, 0.2) is 57.1 Å². The van der Waals surface area contributed by atoms with Crippen molar-refractivity contribution in [1.29, 1.82) is 0 Å². The Balaban J connectivity index is 1.70. The molecule has 0 bridgehead atoms. The number of aromatic nitrogens is 1. The summed E-state index contributed by atoms with van der Waals surface area (Å²) in [5.41, 5.74) is 1.54. The maximum atomic E-state index is 12.4. The average Bonchev–Trinajstić information content (AvgIpc) is 3.08. The van der Waals surface area contributed by atoms with Crippen molar-refractivity contribution in [1.82, 2.24) is 4.98 Å². The smallest absolute Gasteiger partial charge is 0.311 e. The molecule has 0 aliphatic carbocycles. The quantitative estimate of drug-likeness (QED) is 0.423. The van der Waals surface area contributed by atoms with Crippen LogP contribution in [0.5, 0.6) is 5.75 Å². The molecule has 9 heteroatoms. The van der Waals surface area contributed by atoms with Crippen LogP contribution in [-0.4, -0.2) is 22.4 Å². The molecule has 0 radical (unpaired) electrons. The van der Waals surface area contributed by atoms with Gasteiger partial charge >= 0.3 is 5.69 Å². The first-order valence-electron chi connectivity index (χ1n) is 8.39. The molecular formula is C19H17N3O4S2. The summed E-state index contributed by atoms with van der Waals surface area (Å²) in [5, 5.41) is 15.9. The third-order valence-electron chi connectivity index (χ3n) is 3.63. The number of nitro groups is 1. The number of nitrogens with zero attached hydrogens (tertiary/aromatic N) is 2. The molecule has 3 rings (SSSR count). The van der Waals surface area contributed by atoms with Gasteiger partial charge in [0.25, 0.3) is 5.91 Å². The van der Waals surface area contributed by atoms with Crippen LogP contribution < -0.4 is 10.1 Å². The Labute approximate surface area is 169 Å². The monoisotopic (exact) mass is 415 g/mol. The number of amides is 1. The second-order valence-corrected chi connectivity index (χ2v) is 7.89. The summed E-state index contributed by atoms with van der Waals surface area (Å²) in [5.74, 6) is -0.287. The highest BCUT2D eigenvalue weighted by molar-refractivity contribution is 8.01. The van der Waals surface area contributed by atoms with Crippen molar-refractivity contribution in [2.24, 2.45) is 0 Å². The van der Waals surface area contributed by atoms with Crippen LogP contribution in [0.4, 0.5) is 11.4 Å². The second-order valence-electron chi connectivity index (χ2n) is 5.71. The maximum Gasteiger partial charge on any atom is 0.311 e. The number of hydrogen-bond donors (Lipinski definition) is 1. The minimum Gasteiger partial charge on any atom is -0.487 e. The largest absolute Gasteiger partial charge is 0.487 e. The molecule has 0 fully saturated rings. The molecule has 0 saturated carbocycles. The van der Waals surface area contributed by atoms with Gasteiger partial charge in [0.1, 0.15) is 0 Å². The molecule has 7 nitrogen and oxygen atoms in total. The molecule has 1 amide bonds. The number of nitro benzene ring substituents is 1. The number of anilines is 1. The number of nitrogens with one attached hydrogen (secondary N) is 1. The molecule has 1 N–H and O–H groups in total. The fourth-order valence-corrected chi connectivity index (χ4v) is 4.18. The zero-order valence-electron chi connectivity index (χ0n) is 15.2. The van der Waals surface area contributed by atoms with Gasteiger partial charge < -0.3 is 10.1 Å². The number of aryl methyl sites for hydroxylation is 1. The number of thiazole rings is 1. The molecule has 0 unspecified atom stereocenters. The van der Waals surface area contributed by atoms with Crippen LogP contribution in [0.2, 0.25) is 0 Å². The van der Waals surface area contributed by atoms with Gasteiger partial charge in [0, 0.05) is 33.3 Å². The Morgan fingerprint density at radius 1 is 1.29 bits per heavy atom. The Morgan fingerprint density at radius 2 is 2.04 bits per heavy atom. The molecular weight excluding hydrogens is 398 g/mol. The van der Waals surface area contributed by atoms with Gasteiger partial charge in [-0.25, -0.2) is 4.98 Å². The Morgan fingerprint density at radius 3 is 2.64 bits per heavy atom. The first kappa shape index (κ1) is 19.8. The maximum absolute atomic E-state index is 12.4. The van der Waals surface area contributed by atoms with E-state index in [1.807, 2.05) is 24.4 Å². The molecule has 144 valence electrons. The van der Waals surface area contributed by atoms with Crippen LogP contribution in [0.25, 0.3) is 0 Å². The standard InChI is InChI=1S/C19H17N3O4S2/c1-3-26-17-9-4-13(10-16(17)22(24)25)18(23)21-14-5-7-15(8-6-14)28-19-20-12(2)11-27-19/h4-11H,3H2,1-2H3,(H,21,23). The van der Waals surface area contributed by atoms with E-state index < -0.39 is 10.8 Å². The minimum absolute atomic E-state index is 0.142. The van der Waals surface area contributed by atoms with Crippen LogP contribution in [-0.2, 0) is 0 Å². The summed E-state index contributed by atoms with van der Waals surface area (Å²) < 4.78 is 6.19. The van der Waals surface area contributed by atoms with Crippen molar-refractivity contribution in [3.8, 4) is 5.75 Å². The number of carbonyl (C=O) groups is 1. The first-order valence-corrected chi connectivity index (χ1v) is 10.1. The molecule has 0 aliphatic heterocycles. The Kier molecular flexibility index (Phi) is 6.27. The molecule has 1 heterocycles. The Hall–Kier alpha value is -2.91. The molecule has 0 aliphatic rings. The van der Waals surface area contributed by atoms with Gasteiger partial charge in [0.15, 0.2) is 10.1 Å². The predicted octanol–water partition coefficient (Wildman–Crippen LogP) is 5.16. The van der Waals surface area contributed by atoms with E-state index in [9.17, 15) is 14.9 Å². The zero-order valence-corrected chi connectivity index (χ0v) is 16.8. The summed E-state index contributed by atoms with van der Waals surface area (Å²) in [6, 6.07) is 11.5. The molecule has 0 atom stereocenters. The lowest BCUT2D eigenvalue weighted by molar-refractivity contribution is -0.385. The van der Waals surface area contributed by atoms with E-state index in [2.05, 4.69) is 10.3 Å². The van der Waals surface area contributed by atoms with E-state index in [4.69, 9.17) is 4.74 Å². The van der Waals surface area contributed by atoms with Crippen molar-refractivity contribution in [2.45, 2.75) is 23.1 Å². The van der Waals surface area contributed by atoms with Crippen LogP contribution in [0, 0.1) is 17.0 Å². The third-order valence-corrected chi connectivity index (χ3v) is 5.70. The number of hydrogen-bond acceptors (Lipinski definition) is 7. The van der Waals surface area contributed by atoms with Crippen molar-refractivity contribution >= 4 is 40.4 Å². The van der Waals surface area contributed by atoms with E-state index in [0.29, 0.717) is 12.3 Å². The van der Waals surface area contributed by atoms with E-state index in [1.165, 1.54) is 18.2 Å². The van der Waals surface area contributed by atoms with E-state index >= 15 is 0 Å². The van der Waals surface area contributed by atoms with Gasteiger partial charge in [0.2, 0.25) is 0 Å². The van der Waals surface area contributed by atoms with Crippen molar-refractivity contribution in [3.05, 3.63) is 69.2 Å². The van der Waals surface area contributed by atoms with Gasteiger partial charge in [-0.3, -0.25) is 14.9 Å². The van der Waals surface area contributed by atoms with E-state index in [0.717, 1.165) is 14.9 Å². The van der Waals surface area contributed by atoms with Gasteiger partial charge in [-0.1, -0.05) is 11.8 Å². The highest BCUT2D eigenvalue weighted by atomic mass is 32.2. The molecule has 0 saturated heterocycles. The number of carbonyl (C=O) groups excluding carboxylic acids is 1. The lowest BCUT2D eigenvalue weighted by atomic mass is 10.1. The molecule has 2 aromatic carbocycles. The number of ether oxygens (including phenoxy) is 1. The van der Waals surface area contributed by atoms with Crippen molar-refractivity contribution < 1.29 is 14.5 Å². The SMILES string of the molecule is CCOc1ccc(C(=O)Nc2ccc(Sc3nc(C)cs3)cc2)cc1[N+](=O)[O-]. The normalized spacial score (nSPS) is 10.5. The van der Waals surface area contributed by atoms with Gasteiger partial charge in [-0.2, -0.15) is 0 Å². The van der Waals surface area contributed by atoms with Crippen LogP contribution >= 0.6 is 23.1 Å². The van der Waals surface area contributed by atoms with Crippen LogP contribution in [0.1, 0.15) is 23.0 Å². The molecule has 3 aromatic rings. The minimum atomic E-state index is -0.561. The lowest BCUT2D eigenvalue weighted by Gasteiger charge is -2.08. The van der Waals surface area contributed by atoms with E-state index in [1.54, 1.807) is 42.2 Å². The highest BCUT2D eigenvalue weighted by Crippen LogP contribution is 2.31. The molecule has 0 spiro atoms. The van der Waals surface area contributed by atoms with Crippen LogP contribution in [0.3, 0.4) is 0 Å². The second kappa shape index (κ2) is 8.85. The average molecular weight is 415 g/mol. The highest BCUT2D eigenvalue weighted by Gasteiger charge is 2.18. The summed E-state index contributed by atoms with van der Waals surface area (Å²) >= 11 is 3.13. The fraction of sp³-hybridized carbons (Fsp3) is 0.158. The summed E-state index contributed by atoms with van der Waals surface area (Å²) in [6.07, 6.45) is 0. The number of rotatable bonds is 7.